The zero-order valence-electron chi connectivity index (χ0n) is 8.86. The minimum Gasteiger partial charge on any atom is -0.383 e. The quantitative estimate of drug-likeness (QED) is 0.743. The van der Waals surface area contributed by atoms with Crippen molar-refractivity contribution in [1.29, 1.82) is 0 Å². The van der Waals surface area contributed by atoms with Gasteiger partial charge >= 0.3 is 0 Å². The number of nitrogens with two attached hydrogens (primary N) is 2. The lowest BCUT2D eigenvalue weighted by molar-refractivity contribution is 0.634. The molecule has 4 N–H and O–H groups in total. The molecule has 0 atom stereocenters. The van der Waals surface area contributed by atoms with E-state index in [1.54, 1.807) is 6.07 Å². The van der Waals surface area contributed by atoms with Crippen LogP contribution in [0, 0.1) is 5.92 Å². The van der Waals surface area contributed by atoms with Crippen molar-refractivity contribution in [1.82, 2.24) is 9.97 Å². The molecule has 5 nitrogen and oxygen atoms in total. The fourth-order valence-corrected chi connectivity index (χ4v) is 1.31. The summed E-state index contributed by atoms with van der Waals surface area (Å²) in [6.45, 7) is 5.20. The van der Waals surface area contributed by atoms with Crippen molar-refractivity contribution < 1.29 is 0 Å². The number of aromatic nitrogens is 2. The van der Waals surface area contributed by atoms with E-state index in [0.29, 0.717) is 11.7 Å². The van der Waals surface area contributed by atoms with Gasteiger partial charge < -0.3 is 16.4 Å². The van der Waals surface area contributed by atoms with Crippen LogP contribution < -0.4 is 16.4 Å². The fourth-order valence-electron chi connectivity index (χ4n) is 1.31. The van der Waals surface area contributed by atoms with Crippen LogP contribution in [-0.4, -0.2) is 23.6 Å². The van der Waals surface area contributed by atoms with E-state index in [9.17, 15) is 0 Å². The first kappa shape index (κ1) is 10.6. The van der Waals surface area contributed by atoms with Gasteiger partial charge in [-0.25, -0.2) is 0 Å². The summed E-state index contributed by atoms with van der Waals surface area (Å²) in [5, 5.41) is 0. The van der Waals surface area contributed by atoms with Crippen LogP contribution >= 0.6 is 0 Å². The number of hydrogen-bond acceptors (Lipinski definition) is 5. The van der Waals surface area contributed by atoms with Crippen LogP contribution in [0.15, 0.2) is 6.07 Å². The molecule has 14 heavy (non-hydrogen) atoms. The Balaban J connectivity index is 2.84. The molecule has 0 radical (unpaired) electrons. The number of rotatable bonds is 3. The molecule has 0 amide bonds. The van der Waals surface area contributed by atoms with Gasteiger partial charge in [0.1, 0.15) is 11.6 Å². The second-order valence-corrected chi connectivity index (χ2v) is 3.78. The molecule has 0 spiro atoms. The van der Waals surface area contributed by atoms with Gasteiger partial charge in [0.05, 0.1) is 0 Å². The topological polar surface area (TPSA) is 81.1 Å². The molecule has 0 aliphatic carbocycles. The predicted octanol–water partition coefficient (Wildman–Crippen LogP) is 0.733. The Kier molecular flexibility index (Phi) is 3.11. The molecule has 1 aromatic heterocycles. The molecule has 5 heteroatoms. The largest absolute Gasteiger partial charge is 0.383 e. The average molecular weight is 195 g/mol. The van der Waals surface area contributed by atoms with Crippen LogP contribution in [0.25, 0.3) is 0 Å². The summed E-state index contributed by atoms with van der Waals surface area (Å²) in [5.74, 6) is 1.96. The van der Waals surface area contributed by atoms with Crippen LogP contribution in [0.3, 0.4) is 0 Å². The van der Waals surface area contributed by atoms with Crippen LogP contribution in [0.5, 0.6) is 0 Å². The summed E-state index contributed by atoms with van der Waals surface area (Å²) < 4.78 is 0. The van der Waals surface area contributed by atoms with Gasteiger partial charge in [-0.3, -0.25) is 0 Å². The fraction of sp³-hybridized carbons (Fsp3) is 0.556. The van der Waals surface area contributed by atoms with Crippen molar-refractivity contribution in [3.63, 3.8) is 0 Å². The van der Waals surface area contributed by atoms with Crippen molar-refractivity contribution in [2.45, 2.75) is 13.8 Å². The van der Waals surface area contributed by atoms with Crippen LogP contribution in [-0.2, 0) is 0 Å². The maximum atomic E-state index is 5.57. The highest BCUT2D eigenvalue weighted by atomic mass is 15.2. The molecule has 0 aliphatic heterocycles. The molecule has 0 saturated carbocycles. The molecule has 0 unspecified atom stereocenters. The lowest BCUT2D eigenvalue weighted by Crippen LogP contribution is -2.24. The van der Waals surface area contributed by atoms with E-state index < -0.39 is 0 Å². The smallest absolute Gasteiger partial charge is 0.223 e. The summed E-state index contributed by atoms with van der Waals surface area (Å²) in [5.41, 5.74) is 11.1. The molecule has 1 rings (SSSR count). The molecule has 1 heterocycles. The van der Waals surface area contributed by atoms with Gasteiger partial charge in [-0.05, 0) is 5.92 Å². The SMILES string of the molecule is CC(C)CN(C)c1cc(N)nc(N)n1. The maximum absolute atomic E-state index is 5.57. The van der Waals surface area contributed by atoms with Gasteiger partial charge in [0.2, 0.25) is 5.95 Å². The lowest BCUT2D eigenvalue weighted by Gasteiger charge is -2.20. The Hall–Kier alpha value is -1.52. The Morgan fingerprint density at radius 2 is 2.00 bits per heavy atom. The zero-order chi connectivity index (χ0) is 10.7. The van der Waals surface area contributed by atoms with E-state index >= 15 is 0 Å². The summed E-state index contributed by atoms with van der Waals surface area (Å²) in [4.78, 5) is 9.93. The van der Waals surface area contributed by atoms with E-state index in [-0.39, 0.29) is 5.95 Å². The Bertz CT molecular complexity index is 290. The average Bonchev–Trinajstić information content (AvgIpc) is 2.00. The summed E-state index contributed by atoms with van der Waals surface area (Å²) in [7, 11) is 1.96. The first-order valence-corrected chi connectivity index (χ1v) is 4.60. The van der Waals surface area contributed by atoms with Crippen LogP contribution in [0.1, 0.15) is 13.8 Å². The van der Waals surface area contributed by atoms with Gasteiger partial charge in [-0.2, -0.15) is 9.97 Å². The Morgan fingerprint density at radius 1 is 1.36 bits per heavy atom. The van der Waals surface area contributed by atoms with E-state index in [1.165, 1.54) is 0 Å². The second-order valence-electron chi connectivity index (χ2n) is 3.78. The summed E-state index contributed by atoms with van der Waals surface area (Å²) >= 11 is 0. The molecule has 0 aliphatic rings. The first-order valence-electron chi connectivity index (χ1n) is 4.60. The van der Waals surface area contributed by atoms with Gasteiger partial charge in [-0.1, -0.05) is 13.8 Å². The number of nitrogen functional groups attached to an aromatic ring is 2. The highest BCUT2D eigenvalue weighted by Gasteiger charge is 2.06. The van der Waals surface area contributed by atoms with Crippen molar-refractivity contribution in [3.05, 3.63) is 6.07 Å². The number of hydrogen-bond donors (Lipinski definition) is 2. The highest BCUT2D eigenvalue weighted by molar-refractivity contribution is 5.49. The van der Waals surface area contributed by atoms with Crippen LogP contribution in [0.2, 0.25) is 0 Å². The normalized spacial score (nSPS) is 10.6. The van der Waals surface area contributed by atoms with E-state index in [0.717, 1.165) is 12.4 Å². The lowest BCUT2D eigenvalue weighted by atomic mass is 10.2. The van der Waals surface area contributed by atoms with Crippen molar-refractivity contribution in [2.75, 3.05) is 30.0 Å². The first-order chi connectivity index (χ1) is 6.49. The molecule has 0 aromatic carbocycles. The highest BCUT2D eigenvalue weighted by Crippen LogP contribution is 2.14. The molecule has 0 fully saturated rings. The van der Waals surface area contributed by atoms with Crippen LogP contribution in [0.4, 0.5) is 17.6 Å². The molecule has 0 bridgehead atoms. The minimum atomic E-state index is 0.218. The van der Waals surface area contributed by atoms with E-state index in [4.69, 9.17) is 11.5 Å². The molecular weight excluding hydrogens is 178 g/mol. The predicted molar refractivity (Wildman–Crippen MR) is 59.0 cm³/mol. The monoisotopic (exact) mass is 195 g/mol. The third-order valence-electron chi connectivity index (χ3n) is 1.78. The van der Waals surface area contributed by atoms with E-state index in [1.807, 2.05) is 11.9 Å². The maximum Gasteiger partial charge on any atom is 0.223 e. The second kappa shape index (κ2) is 4.13. The molecule has 1 aromatic rings. The van der Waals surface area contributed by atoms with Gasteiger partial charge in [-0.15, -0.1) is 0 Å². The molecule has 78 valence electrons. The summed E-state index contributed by atoms with van der Waals surface area (Å²) in [6.07, 6.45) is 0. The van der Waals surface area contributed by atoms with Gasteiger partial charge in [0, 0.05) is 19.7 Å². The molecular formula is C9H17N5. The zero-order valence-corrected chi connectivity index (χ0v) is 8.86. The third kappa shape index (κ3) is 2.76. The number of anilines is 3. The summed E-state index contributed by atoms with van der Waals surface area (Å²) in [6, 6.07) is 1.72. The Labute approximate surface area is 84.1 Å². The Morgan fingerprint density at radius 3 is 2.50 bits per heavy atom. The van der Waals surface area contributed by atoms with E-state index in [2.05, 4.69) is 23.8 Å². The molecule has 0 saturated heterocycles. The van der Waals surface area contributed by atoms with Crippen molar-refractivity contribution in [2.24, 2.45) is 5.92 Å². The standard InChI is InChI=1S/C9H17N5/c1-6(2)5-14(3)8-4-7(10)12-9(11)13-8/h4,6H,5H2,1-3H3,(H4,10,11,12,13). The third-order valence-corrected chi connectivity index (χ3v) is 1.78. The van der Waals surface area contributed by atoms with Gasteiger partial charge in [0.25, 0.3) is 0 Å². The van der Waals surface area contributed by atoms with Crippen molar-refractivity contribution >= 4 is 17.6 Å². The minimum absolute atomic E-state index is 0.218. The van der Waals surface area contributed by atoms with Gasteiger partial charge in [0.15, 0.2) is 0 Å². The number of nitrogens with zero attached hydrogens (tertiary/aromatic N) is 3. The van der Waals surface area contributed by atoms with Crippen molar-refractivity contribution in [3.8, 4) is 0 Å².